The van der Waals surface area contributed by atoms with Gasteiger partial charge >= 0.3 is 11.9 Å². The monoisotopic (exact) mass is 458 g/mol. The quantitative estimate of drug-likeness (QED) is 0.385. The molecule has 0 heterocycles. The SMILES string of the molecule is CCCCOCCc1cc(N(C)C)ccc1C(=O)O.CCOC(=O)c1ccccc1N(C)C. The Kier molecular flexibility index (Phi) is 12.6. The van der Waals surface area contributed by atoms with Crippen LogP contribution in [-0.2, 0) is 15.9 Å². The van der Waals surface area contributed by atoms with Crippen molar-refractivity contribution in [3.8, 4) is 0 Å². The van der Waals surface area contributed by atoms with Gasteiger partial charge in [-0.25, -0.2) is 9.59 Å². The number of carbonyl (C=O) groups excluding carboxylic acids is 1. The van der Waals surface area contributed by atoms with Gasteiger partial charge in [0.2, 0.25) is 0 Å². The van der Waals surface area contributed by atoms with Crippen LogP contribution in [0.4, 0.5) is 11.4 Å². The van der Waals surface area contributed by atoms with Crippen molar-refractivity contribution in [1.29, 1.82) is 0 Å². The van der Waals surface area contributed by atoms with E-state index in [-0.39, 0.29) is 5.97 Å². The van der Waals surface area contributed by atoms with Gasteiger partial charge in [0.15, 0.2) is 0 Å². The standard InChI is InChI=1S/C15H23NO3.C11H15NO2/c1-4-5-9-19-10-8-12-11-13(16(2)3)6-7-14(12)15(17)18;1-4-14-11(13)9-7-5-6-8-10(9)12(2)3/h6-7,11H,4-5,8-10H2,1-3H3,(H,17,18);5-8H,4H2,1-3H3. The minimum Gasteiger partial charge on any atom is -0.478 e. The Morgan fingerprint density at radius 1 is 0.909 bits per heavy atom. The normalized spacial score (nSPS) is 10.1. The number of ether oxygens (including phenoxy) is 2. The van der Waals surface area contributed by atoms with E-state index in [1.165, 1.54) is 0 Å². The van der Waals surface area contributed by atoms with E-state index in [2.05, 4.69) is 6.92 Å². The van der Waals surface area contributed by atoms with Gasteiger partial charge in [-0.3, -0.25) is 0 Å². The summed E-state index contributed by atoms with van der Waals surface area (Å²) in [6.45, 7) is 5.63. The number of carboxylic acids is 1. The number of carbonyl (C=O) groups is 2. The molecule has 0 atom stereocenters. The molecule has 33 heavy (non-hydrogen) atoms. The third-order valence-electron chi connectivity index (χ3n) is 4.87. The first-order valence-corrected chi connectivity index (χ1v) is 11.3. The molecular weight excluding hydrogens is 420 g/mol. The van der Waals surface area contributed by atoms with E-state index >= 15 is 0 Å². The van der Waals surface area contributed by atoms with Gasteiger partial charge in [0, 0.05) is 40.5 Å². The lowest BCUT2D eigenvalue weighted by molar-refractivity contribution is 0.0526. The van der Waals surface area contributed by atoms with Gasteiger partial charge in [-0.1, -0.05) is 25.5 Å². The zero-order valence-electron chi connectivity index (χ0n) is 20.8. The van der Waals surface area contributed by atoms with Crippen LogP contribution >= 0.6 is 0 Å². The van der Waals surface area contributed by atoms with Crippen molar-refractivity contribution in [2.24, 2.45) is 0 Å². The highest BCUT2D eigenvalue weighted by Crippen LogP contribution is 2.19. The summed E-state index contributed by atoms with van der Waals surface area (Å²) in [4.78, 5) is 26.6. The first-order chi connectivity index (χ1) is 15.7. The van der Waals surface area contributed by atoms with Crippen LogP contribution in [-0.4, -0.2) is 65.1 Å². The molecule has 182 valence electrons. The van der Waals surface area contributed by atoms with E-state index in [9.17, 15) is 14.7 Å². The van der Waals surface area contributed by atoms with E-state index in [4.69, 9.17) is 9.47 Å². The minimum absolute atomic E-state index is 0.267. The molecule has 1 N–H and O–H groups in total. The molecule has 0 aliphatic carbocycles. The molecule has 2 aromatic carbocycles. The molecule has 0 radical (unpaired) electrons. The predicted molar refractivity (Wildman–Crippen MR) is 134 cm³/mol. The fourth-order valence-corrected chi connectivity index (χ4v) is 3.05. The van der Waals surface area contributed by atoms with Crippen LogP contribution in [0.25, 0.3) is 0 Å². The van der Waals surface area contributed by atoms with Crippen LogP contribution in [0.1, 0.15) is 53.0 Å². The number of nitrogens with zero attached hydrogens (tertiary/aromatic N) is 2. The fraction of sp³-hybridized carbons (Fsp3) is 0.462. The van der Waals surface area contributed by atoms with Crippen molar-refractivity contribution in [3.63, 3.8) is 0 Å². The molecule has 0 aliphatic rings. The van der Waals surface area contributed by atoms with E-state index < -0.39 is 5.97 Å². The molecule has 0 spiro atoms. The zero-order valence-corrected chi connectivity index (χ0v) is 20.8. The van der Waals surface area contributed by atoms with Crippen molar-refractivity contribution in [2.75, 3.05) is 57.8 Å². The Labute approximate surface area is 197 Å². The zero-order chi connectivity index (χ0) is 24.8. The molecule has 0 aliphatic heterocycles. The number of anilines is 2. The number of hydrogen-bond acceptors (Lipinski definition) is 6. The van der Waals surface area contributed by atoms with Gasteiger partial charge in [-0.2, -0.15) is 0 Å². The summed E-state index contributed by atoms with van der Waals surface area (Å²) in [6.07, 6.45) is 2.78. The second-order valence-electron chi connectivity index (χ2n) is 7.89. The average Bonchev–Trinajstić information content (AvgIpc) is 2.79. The summed E-state index contributed by atoms with van der Waals surface area (Å²) >= 11 is 0. The van der Waals surface area contributed by atoms with Gasteiger partial charge < -0.3 is 24.4 Å². The molecule has 2 rings (SSSR count). The lowest BCUT2D eigenvalue weighted by Gasteiger charge is -2.15. The number of esters is 1. The third kappa shape index (κ3) is 9.53. The summed E-state index contributed by atoms with van der Waals surface area (Å²) in [5, 5.41) is 9.18. The molecular formula is C26H38N2O5. The summed E-state index contributed by atoms with van der Waals surface area (Å²) in [7, 11) is 7.69. The number of rotatable bonds is 11. The van der Waals surface area contributed by atoms with Crippen molar-refractivity contribution in [3.05, 3.63) is 59.2 Å². The predicted octanol–water partition coefficient (Wildman–Crippen LogP) is 4.74. The minimum atomic E-state index is -0.881. The fourth-order valence-electron chi connectivity index (χ4n) is 3.05. The first-order valence-electron chi connectivity index (χ1n) is 11.3. The highest BCUT2D eigenvalue weighted by molar-refractivity contribution is 5.95. The second-order valence-corrected chi connectivity index (χ2v) is 7.89. The number of para-hydroxylation sites is 1. The van der Waals surface area contributed by atoms with Gasteiger partial charge in [0.05, 0.1) is 30.0 Å². The maximum Gasteiger partial charge on any atom is 0.340 e. The molecule has 0 fully saturated rings. The Balaban J connectivity index is 0.000000346. The van der Waals surface area contributed by atoms with Gasteiger partial charge in [0.1, 0.15) is 0 Å². The Morgan fingerprint density at radius 3 is 2.18 bits per heavy atom. The topological polar surface area (TPSA) is 79.3 Å². The van der Waals surface area contributed by atoms with Gasteiger partial charge in [-0.15, -0.1) is 0 Å². The maximum absolute atomic E-state index is 11.5. The summed E-state index contributed by atoms with van der Waals surface area (Å²) in [6, 6.07) is 12.8. The number of carboxylic acid groups (broad SMARTS) is 1. The van der Waals surface area contributed by atoms with E-state index in [1.807, 2.05) is 68.3 Å². The summed E-state index contributed by atoms with van der Waals surface area (Å²) in [5.41, 5.74) is 3.69. The molecule has 0 amide bonds. The van der Waals surface area contributed by atoms with E-state index in [0.29, 0.717) is 30.8 Å². The van der Waals surface area contributed by atoms with Crippen LogP contribution < -0.4 is 9.80 Å². The third-order valence-corrected chi connectivity index (χ3v) is 4.87. The van der Waals surface area contributed by atoms with Crippen LogP contribution in [0, 0.1) is 0 Å². The van der Waals surface area contributed by atoms with Gasteiger partial charge in [-0.05, 0) is 55.7 Å². The molecule has 7 heteroatoms. The smallest absolute Gasteiger partial charge is 0.340 e. The lowest BCUT2D eigenvalue weighted by Crippen LogP contribution is -2.15. The van der Waals surface area contributed by atoms with Crippen molar-refractivity contribution in [1.82, 2.24) is 0 Å². The number of benzene rings is 2. The molecule has 2 aromatic rings. The first kappa shape index (κ1) is 28.0. The average molecular weight is 459 g/mol. The maximum atomic E-state index is 11.5. The second kappa shape index (κ2) is 14.9. The lowest BCUT2D eigenvalue weighted by atomic mass is 10.0. The molecule has 0 bridgehead atoms. The molecule has 7 nitrogen and oxygen atoms in total. The van der Waals surface area contributed by atoms with Crippen molar-refractivity contribution < 1.29 is 24.2 Å². The van der Waals surface area contributed by atoms with Crippen molar-refractivity contribution in [2.45, 2.75) is 33.1 Å². The van der Waals surface area contributed by atoms with Crippen LogP contribution in [0.2, 0.25) is 0 Å². The van der Waals surface area contributed by atoms with Gasteiger partial charge in [0.25, 0.3) is 0 Å². The van der Waals surface area contributed by atoms with Crippen molar-refractivity contribution >= 4 is 23.3 Å². The van der Waals surface area contributed by atoms with Crippen LogP contribution in [0.5, 0.6) is 0 Å². The summed E-state index contributed by atoms with van der Waals surface area (Å²) < 4.78 is 10.5. The Morgan fingerprint density at radius 2 is 1.61 bits per heavy atom. The van der Waals surface area contributed by atoms with Crippen LogP contribution in [0.15, 0.2) is 42.5 Å². The Bertz CT molecular complexity index is 881. The number of unbranched alkanes of at least 4 members (excludes halogenated alkanes) is 1. The number of aromatic carboxylic acids is 1. The van der Waals surface area contributed by atoms with E-state index in [1.54, 1.807) is 19.1 Å². The Hall–Kier alpha value is -3.06. The molecule has 0 unspecified atom stereocenters. The molecule has 0 saturated carbocycles. The van der Waals surface area contributed by atoms with Crippen LogP contribution in [0.3, 0.4) is 0 Å². The summed E-state index contributed by atoms with van der Waals surface area (Å²) in [5.74, 6) is -1.15. The largest absolute Gasteiger partial charge is 0.478 e. The highest BCUT2D eigenvalue weighted by Gasteiger charge is 2.13. The molecule has 0 aromatic heterocycles. The molecule has 0 saturated heterocycles. The van der Waals surface area contributed by atoms with E-state index in [0.717, 1.165) is 36.4 Å². The number of hydrogen-bond donors (Lipinski definition) is 1. The highest BCUT2D eigenvalue weighted by atomic mass is 16.5.